The highest BCUT2D eigenvalue weighted by atomic mass is 16.6. The zero-order chi connectivity index (χ0) is 27.4. The summed E-state index contributed by atoms with van der Waals surface area (Å²) >= 11 is 0. The molecular weight excluding hydrogens is 486 g/mol. The molecule has 1 aliphatic rings. The van der Waals surface area contributed by atoms with Crippen molar-refractivity contribution in [2.45, 2.75) is 65.0 Å². The SMILES string of the molecule is Cc1c(NC(=O)OC(C)(C)C)ccc2nc(N3CCCC[C@H]3C(=O)N(C)CCc3cccnc3)oc(=O)c12. The second kappa shape index (κ2) is 11.2. The Kier molecular flexibility index (Phi) is 7.99. The molecule has 1 aliphatic heterocycles. The Bertz CT molecular complexity index is 1370. The third-order valence-corrected chi connectivity index (χ3v) is 6.55. The highest BCUT2D eigenvalue weighted by Gasteiger charge is 2.33. The summed E-state index contributed by atoms with van der Waals surface area (Å²) in [5, 5.41) is 2.96. The Hall–Kier alpha value is -3.95. The summed E-state index contributed by atoms with van der Waals surface area (Å²) in [6.45, 7) is 8.16. The van der Waals surface area contributed by atoms with Crippen LogP contribution in [0.3, 0.4) is 0 Å². The lowest BCUT2D eigenvalue weighted by Crippen LogP contribution is -2.51. The van der Waals surface area contributed by atoms with E-state index < -0.39 is 23.4 Å². The van der Waals surface area contributed by atoms with Gasteiger partial charge in [-0.2, -0.15) is 4.98 Å². The molecule has 202 valence electrons. The summed E-state index contributed by atoms with van der Waals surface area (Å²) in [5.74, 6) is -0.0359. The summed E-state index contributed by atoms with van der Waals surface area (Å²) in [7, 11) is 1.79. The van der Waals surface area contributed by atoms with Crippen LogP contribution in [0.15, 0.2) is 45.9 Å². The monoisotopic (exact) mass is 521 g/mol. The highest BCUT2D eigenvalue weighted by Crippen LogP contribution is 2.28. The maximum absolute atomic E-state index is 13.4. The second-order valence-corrected chi connectivity index (χ2v) is 10.6. The van der Waals surface area contributed by atoms with E-state index in [1.54, 1.807) is 69.1 Å². The van der Waals surface area contributed by atoms with Gasteiger partial charge in [0.1, 0.15) is 11.6 Å². The lowest BCUT2D eigenvalue weighted by atomic mass is 10.0. The number of rotatable bonds is 6. The Balaban J connectivity index is 1.55. The fourth-order valence-corrected chi connectivity index (χ4v) is 4.60. The average Bonchev–Trinajstić information content (AvgIpc) is 2.87. The number of hydrogen-bond donors (Lipinski definition) is 1. The Morgan fingerprint density at radius 3 is 2.74 bits per heavy atom. The molecule has 2 amide bonds. The highest BCUT2D eigenvalue weighted by molar-refractivity contribution is 5.93. The van der Waals surface area contributed by atoms with Gasteiger partial charge in [0.25, 0.3) is 0 Å². The summed E-state index contributed by atoms with van der Waals surface area (Å²) in [6, 6.07) is 6.88. The molecule has 0 spiro atoms. The number of amides is 2. The van der Waals surface area contributed by atoms with E-state index in [0.717, 1.165) is 18.4 Å². The molecule has 1 fully saturated rings. The number of piperidine rings is 1. The molecule has 1 saturated heterocycles. The van der Waals surface area contributed by atoms with Gasteiger partial charge >= 0.3 is 17.7 Å². The molecule has 0 radical (unpaired) electrons. The van der Waals surface area contributed by atoms with Crippen LogP contribution in [0.1, 0.15) is 51.2 Å². The number of nitrogens with one attached hydrogen (secondary N) is 1. The van der Waals surface area contributed by atoms with Crippen LogP contribution in [-0.2, 0) is 16.0 Å². The van der Waals surface area contributed by atoms with Crippen molar-refractivity contribution < 1.29 is 18.7 Å². The molecule has 1 aromatic carbocycles. The Morgan fingerprint density at radius 1 is 1.24 bits per heavy atom. The van der Waals surface area contributed by atoms with E-state index in [2.05, 4.69) is 15.3 Å². The minimum absolute atomic E-state index is 0.0359. The summed E-state index contributed by atoms with van der Waals surface area (Å²) in [6.07, 6.45) is 6.03. The van der Waals surface area contributed by atoms with Gasteiger partial charge < -0.3 is 19.0 Å². The topological polar surface area (TPSA) is 118 Å². The minimum atomic E-state index is -0.653. The number of anilines is 2. The van der Waals surface area contributed by atoms with E-state index in [4.69, 9.17) is 9.15 Å². The predicted molar refractivity (Wildman–Crippen MR) is 145 cm³/mol. The first-order valence-electron chi connectivity index (χ1n) is 12.9. The van der Waals surface area contributed by atoms with Crippen molar-refractivity contribution in [1.29, 1.82) is 0 Å². The Morgan fingerprint density at radius 2 is 2.03 bits per heavy atom. The molecule has 3 aromatic rings. The van der Waals surface area contributed by atoms with Crippen molar-refractivity contribution in [3.63, 3.8) is 0 Å². The average molecular weight is 522 g/mol. The van der Waals surface area contributed by atoms with Gasteiger partial charge in [-0.05, 0) is 82.7 Å². The lowest BCUT2D eigenvalue weighted by Gasteiger charge is -2.36. The van der Waals surface area contributed by atoms with Crippen LogP contribution in [0.25, 0.3) is 10.9 Å². The quantitative estimate of drug-likeness (QED) is 0.510. The van der Waals surface area contributed by atoms with Gasteiger partial charge in [-0.25, -0.2) is 9.59 Å². The summed E-state index contributed by atoms with van der Waals surface area (Å²) < 4.78 is 11.0. The van der Waals surface area contributed by atoms with Crippen LogP contribution in [0.4, 0.5) is 16.5 Å². The van der Waals surface area contributed by atoms with Crippen molar-refractivity contribution in [1.82, 2.24) is 14.9 Å². The summed E-state index contributed by atoms with van der Waals surface area (Å²) in [5.41, 5.74) is 1.24. The molecule has 10 nitrogen and oxygen atoms in total. The summed E-state index contributed by atoms with van der Waals surface area (Å²) in [4.78, 5) is 51.1. The standard InChI is InChI=1S/C28H35N5O5/c1-18-20(31-27(36)38-28(2,3)4)11-12-21-23(18)25(35)37-26(30-21)33-15-7-6-10-22(33)24(34)32(5)16-13-19-9-8-14-29-17-19/h8-9,11-12,14,17,22H,6-7,10,13,15-16H2,1-5H3,(H,31,36)/t22-/m0/s1. The first-order valence-corrected chi connectivity index (χ1v) is 12.9. The van der Waals surface area contributed by atoms with Gasteiger partial charge in [0.05, 0.1) is 10.9 Å². The Labute approximate surface area is 222 Å². The van der Waals surface area contributed by atoms with Gasteiger partial charge in [0.15, 0.2) is 0 Å². The molecule has 38 heavy (non-hydrogen) atoms. The molecule has 3 heterocycles. The fraction of sp³-hybridized carbons (Fsp3) is 0.464. The number of likely N-dealkylation sites (N-methyl/N-ethyl adjacent to an activating group) is 1. The van der Waals surface area contributed by atoms with E-state index in [1.807, 2.05) is 12.1 Å². The number of benzene rings is 1. The van der Waals surface area contributed by atoms with Crippen molar-refractivity contribution in [3.05, 3.63) is 58.2 Å². The first-order chi connectivity index (χ1) is 18.0. The van der Waals surface area contributed by atoms with Gasteiger partial charge in [-0.1, -0.05) is 6.07 Å². The number of ether oxygens (including phenoxy) is 1. The van der Waals surface area contributed by atoms with Crippen LogP contribution in [0.2, 0.25) is 0 Å². The van der Waals surface area contributed by atoms with Crippen molar-refractivity contribution in [2.75, 3.05) is 30.4 Å². The number of nitrogens with zero attached hydrogens (tertiary/aromatic N) is 4. The molecule has 0 bridgehead atoms. The molecular formula is C28H35N5O5. The van der Waals surface area contributed by atoms with E-state index in [1.165, 1.54) is 0 Å². The maximum atomic E-state index is 13.4. The van der Waals surface area contributed by atoms with Crippen molar-refractivity contribution >= 4 is 34.6 Å². The molecule has 2 aromatic heterocycles. The van der Waals surface area contributed by atoms with Crippen molar-refractivity contribution in [3.8, 4) is 0 Å². The van der Waals surface area contributed by atoms with Gasteiger partial charge in [0, 0.05) is 38.2 Å². The van der Waals surface area contributed by atoms with E-state index in [9.17, 15) is 14.4 Å². The fourth-order valence-electron chi connectivity index (χ4n) is 4.60. The van der Waals surface area contributed by atoms with Crippen molar-refractivity contribution in [2.24, 2.45) is 0 Å². The third kappa shape index (κ3) is 6.30. The third-order valence-electron chi connectivity index (χ3n) is 6.55. The normalized spacial score (nSPS) is 15.8. The second-order valence-electron chi connectivity index (χ2n) is 10.6. The maximum Gasteiger partial charge on any atom is 0.412 e. The van der Waals surface area contributed by atoms with Crippen LogP contribution >= 0.6 is 0 Å². The molecule has 4 rings (SSSR count). The molecule has 0 unspecified atom stereocenters. The number of hydrogen-bond acceptors (Lipinski definition) is 8. The van der Waals surface area contributed by atoms with Gasteiger partial charge in [-0.3, -0.25) is 15.1 Å². The van der Waals surface area contributed by atoms with E-state index >= 15 is 0 Å². The van der Waals surface area contributed by atoms with Gasteiger partial charge in [-0.15, -0.1) is 0 Å². The minimum Gasteiger partial charge on any atom is -0.444 e. The smallest absolute Gasteiger partial charge is 0.412 e. The molecule has 0 aliphatic carbocycles. The van der Waals surface area contributed by atoms with Crippen LogP contribution < -0.4 is 15.8 Å². The lowest BCUT2D eigenvalue weighted by molar-refractivity contribution is -0.131. The van der Waals surface area contributed by atoms with Gasteiger partial charge in [0.2, 0.25) is 5.91 Å². The first kappa shape index (κ1) is 27.1. The molecule has 1 N–H and O–H groups in total. The number of fused-ring (bicyclic) bond motifs is 1. The number of carbonyl (C=O) groups excluding carboxylic acids is 2. The number of aryl methyl sites for hydroxylation is 1. The molecule has 10 heteroatoms. The number of pyridine rings is 1. The van der Waals surface area contributed by atoms with Crippen LogP contribution in [0, 0.1) is 6.92 Å². The van der Waals surface area contributed by atoms with E-state index in [0.29, 0.717) is 42.7 Å². The largest absolute Gasteiger partial charge is 0.444 e. The zero-order valence-electron chi connectivity index (χ0n) is 22.6. The molecule has 1 atom stereocenters. The predicted octanol–water partition coefficient (Wildman–Crippen LogP) is 4.30. The number of aromatic nitrogens is 2. The number of carbonyl (C=O) groups is 2. The van der Waals surface area contributed by atoms with E-state index in [-0.39, 0.29) is 17.3 Å². The van der Waals surface area contributed by atoms with Crippen LogP contribution in [0.5, 0.6) is 0 Å². The zero-order valence-corrected chi connectivity index (χ0v) is 22.6. The van der Waals surface area contributed by atoms with Crippen LogP contribution in [-0.4, -0.2) is 58.6 Å². The molecule has 0 saturated carbocycles.